The van der Waals surface area contributed by atoms with Crippen LogP contribution in [0.1, 0.15) is 12.7 Å². The molecule has 132 valence electrons. The highest BCUT2D eigenvalue weighted by molar-refractivity contribution is 5.96. The Balaban J connectivity index is 1.53. The molecule has 1 aromatic carbocycles. The van der Waals surface area contributed by atoms with Gasteiger partial charge in [-0.15, -0.1) is 0 Å². The number of benzene rings is 1. The fourth-order valence-corrected chi connectivity index (χ4v) is 2.69. The standard InChI is InChI=1S/C18H21N3O4/c1-2-24-15-7-5-14(6-8-15)21-10-9-20(18(21)23)13-17(22)19-12-16-4-3-11-25-16/h3-8,11H,2,9-10,12-13H2,1H3,(H,19,22). The fraction of sp³-hybridized carbons (Fsp3) is 0.333. The number of furan rings is 1. The second kappa shape index (κ2) is 7.74. The zero-order valence-electron chi connectivity index (χ0n) is 14.1. The molecule has 1 aliphatic heterocycles. The molecule has 1 aromatic heterocycles. The fourth-order valence-electron chi connectivity index (χ4n) is 2.69. The molecule has 1 fully saturated rings. The van der Waals surface area contributed by atoms with Crippen LogP contribution in [-0.4, -0.2) is 43.1 Å². The van der Waals surface area contributed by atoms with Crippen LogP contribution in [0.25, 0.3) is 0 Å². The quantitative estimate of drug-likeness (QED) is 0.837. The largest absolute Gasteiger partial charge is 0.494 e. The number of urea groups is 1. The minimum absolute atomic E-state index is 0.0348. The van der Waals surface area contributed by atoms with Crippen LogP contribution in [0, 0.1) is 0 Å². The summed E-state index contributed by atoms with van der Waals surface area (Å²) in [5.74, 6) is 1.24. The van der Waals surface area contributed by atoms with E-state index in [4.69, 9.17) is 9.15 Å². The highest BCUT2D eigenvalue weighted by Crippen LogP contribution is 2.23. The smallest absolute Gasteiger partial charge is 0.325 e. The van der Waals surface area contributed by atoms with Crippen LogP contribution in [0.2, 0.25) is 0 Å². The van der Waals surface area contributed by atoms with Gasteiger partial charge in [0.25, 0.3) is 0 Å². The molecular formula is C18H21N3O4. The molecule has 7 nitrogen and oxygen atoms in total. The van der Waals surface area contributed by atoms with Crippen LogP contribution in [0.4, 0.5) is 10.5 Å². The monoisotopic (exact) mass is 343 g/mol. The molecule has 1 aliphatic rings. The van der Waals surface area contributed by atoms with Gasteiger partial charge in [0.05, 0.1) is 19.4 Å². The van der Waals surface area contributed by atoms with Gasteiger partial charge in [-0.05, 0) is 43.3 Å². The van der Waals surface area contributed by atoms with E-state index >= 15 is 0 Å². The van der Waals surface area contributed by atoms with Crippen molar-refractivity contribution >= 4 is 17.6 Å². The molecule has 0 saturated carbocycles. The van der Waals surface area contributed by atoms with Crippen molar-refractivity contribution in [3.63, 3.8) is 0 Å². The maximum Gasteiger partial charge on any atom is 0.325 e. The van der Waals surface area contributed by atoms with Crippen molar-refractivity contribution < 1.29 is 18.7 Å². The Hall–Kier alpha value is -2.96. The second-order valence-electron chi connectivity index (χ2n) is 5.64. The van der Waals surface area contributed by atoms with Gasteiger partial charge < -0.3 is 19.4 Å². The number of hydrogen-bond donors (Lipinski definition) is 1. The Kier molecular flexibility index (Phi) is 5.23. The minimum Gasteiger partial charge on any atom is -0.494 e. The predicted molar refractivity (Wildman–Crippen MR) is 92.5 cm³/mol. The molecule has 1 N–H and O–H groups in total. The van der Waals surface area contributed by atoms with Gasteiger partial charge in [0, 0.05) is 18.8 Å². The number of carbonyl (C=O) groups is 2. The van der Waals surface area contributed by atoms with Gasteiger partial charge in [0.15, 0.2) is 0 Å². The third-order valence-electron chi connectivity index (χ3n) is 3.93. The van der Waals surface area contributed by atoms with Crippen molar-refractivity contribution in [1.82, 2.24) is 10.2 Å². The van der Waals surface area contributed by atoms with Crippen molar-refractivity contribution in [2.24, 2.45) is 0 Å². The highest BCUT2D eigenvalue weighted by Gasteiger charge is 2.30. The van der Waals surface area contributed by atoms with E-state index in [-0.39, 0.29) is 18.5 Å². The summed E-state index contributed by atoms with van der Waals surface area (Å²) in [6.45, 7) is 3.94. The van der Waals surface area contributed by atoms with E-state index in [1.54, 1.807) is 23.3 Å². The van der Waals surface area contributed by atoms with E-state index in [0.29, 0.717) is 32.0 Å². The molecule has 3 amide bonds. The molecule has 2 heterocycles. The number of nitrogens with one attached hydrogen (secondary N) is 1. The van der Waals surface area contributed by atoms with E-state index < -0.39 is 0 Å². The third-order valence-corrected chi connectivity index (χ3v) is 3.93. The maximum absolute atomic E-state index is 12.5. The average molecular weight is 343 g/mol. The SMILES string of the molecule is CCOc1ccc(N2CCN(CC(=O)NCc3ccco3)C2=O)cc1. The lowest BCUT2D eigenvalue weighted by Crippen LogP contribution is -2.39. The Morgan fingerprint density at radius 1 is 1.24 bits per heavy atom. The molecule has 0 radical (unpaired) electrons. The van der Waals surface area contributed by atoms with E-state index in [1.807, 2.05) is 31.2 Å². The van der Waals surface area contributed by atoms with Gasteiger partial charge in [0.2, 0.25) is 5.91 Å². The van der Waals surface area contributed by atoms with E-state index in [0.717, 1.165) is 11.4 Å². The summed E-state index contributed by atoms with van der Waals surface area (Å²) < 4.78 is 10.6. The molecule has 3 rings (SSSR count). The molecule has 0 bridgehead atoms. The Morgan fingerprint density at radius 3 is 2.72 bits per heavy atom. The summed E-state index contributed by atoms with van der Waals surface area (Å²) >= 11 is 0. The van der Waals surface area contributed by atoms with Crippen LogP contribution in [0.15, 0.2) is 47.1 Å². The highest BCUT2D eigenvalue weighted by atomic mass is 16.5. The number of carbonyl (C=O) groups excluding carboxylic acids is 2. The van der Waals surface area contributed by atoms with Crippen molar-refractivity contribution in [2.75, 3.05) is 31.1 Å². The number of rotatable bonds is 7. The number of hydrogen-bond acceptors (Lipinski definition) is 4. The van der Waals surface area contributed by atoms with E-state index in [2.05, 4.69) is 5.32 Å². The predicted octanol–water partition coefficient (Wildman–Crippen LogP) is 2.24. The Bertz CT molecular complexity index is 712. The van der Waals surface area contributed by atoms with Gasteiger partial charge in [0.1, 0.15) is 18.1 Å². The number of ether oxygens (including phenoxy) is 1. The zero-order chi connectivity index (χ0) is 17.6. The minimum atomic E-state index is -0.210. The van der Waals surface area contributed by atoms with Crippen LogP contribution in [0.5, 0.6) is 5.75 Å². The first-order valence-electron chi connectivity index (χ1n) is 8.25. The summed E-state index contributed by atoms with van der Waals surface area (Å²) in [5, 5.41) is 2.75. The van der Waals surface area contributed by atoms with Gasteiger partial charge in [-0.25, -0.2) is 4.79 Å². The van der Waals surface area contributed by atoms with Gasteiger partial charge in [-0.2, -0.15) is 0 Å². The molecule has 25 heavy (non-hydrogen) atoms. The summed E-state index contributed by atoms with van der Waals surface area (Å²) in [5.41, 5.74) is 0.798. The first-order chi connectivity index (χ1) is 12.2. The van der Waals surface area contributed by atoms with Crippen molar-refractivity contribution in [3.8, 4) is 5.75 Å². The van der Waals surface area contributed by atoms with Crippen LogP contribution in [-0.2, 0) is 11.3 Å². The summed E-state index contributed by atoms with van der Waals surface area (Å²) in [4.78, 5) is 27.7. The second-order valence-corrected chi connectivity index (χ2v) is 5.64. The lowest BCUT2D eigenvalue weighted by atomic mass is 10.3. The molecular weight excluding hydrogens is 322 g/mol. The first kappa shape index (κ1) is 16.9. The molecule has 0 spiro atoms. The summed E-state index contributed by atoms with van der Waals surface area (Å²) in [6.07, 6.45) is 1.56. The van der Waals surface area contributed by atoms with E-state index in [9.17, 15) is 9.59 Å². The lowest BCUT2D eigenvalue weighted by Gasteiger charge is -2.18. The van der Waals surface area contributed by atoms with Gasteiger partial charge >= 0.3 is 6.03 Å². The molecule has 0 unspecified atom stereocenters. The van der Waals surface area contributed by atoms with Crippen LogP contribution in [0.3, 0.4) is 0 Å². The van der Waals surface area contributed by atoms with Crippen molar-refractivity contribution in [1.29, 1.82) is 0 Å². The first-order valence-corrected chi connectivity index (χ1v) is 8.25. The molecule has 7 heteroatoms. The van der Waals surface area contributed by atoms with Gasteiger partial charge in [-0.1, -0.05) is 0 Å². The summed E-state index contributed by atoms with van der Waals surface area (Å²) in [7, 11) is 0. The maximum atomic E-state index is 12.5. The molecule has 0 atom stereocenters. The number of amides is 3. The number of nitrogens with zero attached hydrogens (tertiary/aromatic N) is 2. The lowest BCUT2D eigenvalue weighted by molar-refractivity contribution is -0.121. The van der Waals surface area contributed by atoms with Crippen molar-refractivity contribution in [3.05, 3.63) is 48.4 Å². The summed E-state index contributed by atoms with van der Waals surface area (Å²) in [6, 6.07) is 10.8. The van der Waals surface area contributed by atoms with E-state index in [1.165, 1.54) is 4.90 Å². The molecule has 0 aliphatic carbocycles. The number of anilines is 1. The van der Waals surface area contributed by atoms with Crippen molar-refractivity contribution in [2.45, 2.75) is 13.5 Å². The molecule has 2 aromatic rings. The van der Waals surface area contributed by atoms with Crippen LogP contribution < -0.4 is 15.0 Å². The average Bonchev–Trinajstić information content (AvgIpc) is 3.25. The normalized spacial score (nSPS) is 14.0. The van der Waals surface area contributed by atoms with Gasteiger partial charge in [-0.3, -0.25) is 9.69 Å². The Labute approximate surface area is 146 Å². The molecule has 1 saturated heterocycles. The topological polar surface area (TPSA) is 75.0 Å². The van der Waals surface area contributed by atoms with Crippen LogP contribution >= 0.6 is 0 Å². The zero-order valence-corrected chi connectivity index (χ0v) is 14.1. The third kappa shape index (κ3) is 4.12. The Morgan fingerprint density at radius 2 is 2.04 bits per heavy atom.